The van der Waals surface area contributed by atoms with Crippen LogP contribution in [0.5, 0.6) is 0 Å². The number of hydrogen-bond acceptors (Lipinski definition) is 3. The lowest BCUT2D eigenvalue weighted by atomic mass is 10.6. The van der Waals surface area contributed by atoms with Crippen LogP contribution >= 0.6 is 22.6 Å². The first kappa shape index (κ1) is 8.68. The molecule has 0 spiro atoms. The molecule has 0 aliphatic carbocycles. The SMILES string of the molecule is FC(F)(F)c1nnn(CI)n1. The van der Waals surface area contributed by atoms with Crippen molar-refractivity contribution >= 4 is 22.6 Å². The van der Waals surface area contributed by atoms with Gasteiger partial charge in [-0.1, -0.05) is 22.6 Å². The lowest BCUT2D eigenvalue weighted by molar-refractivity contribution is -0.145. The number of hydrogen-bond donors (Lipinski definition) is 0. The number of rotatable bonds is 1. The number of nitrogens with zero attached hydrogens (tertiary/aromatic N) is 4. The second kappa shape index (κ2) is 2.91. The molecule has 0 atom stereocenters. The molecule has 4 nitrogen and oxygen atoms in total. The highest BCUT2D eigenvalue weighted by molar-refractivity contribution is 14.1. The summed E-state index contributed by atoms with van der Waals surface area (Å²) in [4.78, 5) is 0.864. The molecule has 0 saturated heterocycles. The first-order valence-electron chi connectivity index (χ1n) is 2.45. The van der Waals surface area contributed by atoms with E-state index in [1.54, 1.807) is 0 Å². The van der Waals surface area contributed by atoms with E-state index in [4.69, 9.17) is 0 Å². The molecular formula is C3H2F3IN4. The summed E-state index contributed by atoms with van der Waals surface area (Å²) in [6.45, 7) is 0. The normalized spacial score (nSPS) is 12.0. The minimum Gasteiger partial charge on any atom is -0.163 e. The van der Waals surface area contributed by atoms with Crippen molar-refractivity contribution in [1.29, 1.82) is 0 Å². The standard InChI is InChI=1S/C3H2F3IN4/c4-3(5,6)2-8-10-11(1-7)9-2/h1H2. The van der Waals surface area contributed by atoms with Crippen LogP contribution in [0.15, 0.2) is 0 Å². The van der Waals surface area contributed by atoms with Crippen molar-refractivity contribution in [1.82, 2.24) is 20.2 Å². The van der Waals surface area contributed by atoms with E-state index in [1.165, 1.54) is 0 Å². The molecule has 0 aromatic carbocycles. The van der Waals surface area contributed by atoms with Crippen LogP contribution in [0.4, 0.5) is 13.2 Å². The predicted molar refractivity (Wildman–Crippen MR) is 36.8 cm³/mol. The molecule has 0 N–H and O–H groups in total. The first-order chi connectivity index (χ1) is 5.04. The van der Waals surface area contributed by atoms with E-state index in [2.05, 4.69) is 15.4 Å². The third-order valence-electron chi connectivity index (χ3n) is 0.813. The molecular weight excluding hydrogens is 276 g/mol. The molecule has 0 fully saturated rings. The van der Waals surface area contributed by atoms with E-state index in [-0.39, 0.29) is 4.55 Å². The van der Waals surface area contributed by atoms with E-state index in [0.29, 0.717) is 0 Å². The van der Waals surface area contributed by atoms with Crippen molar-refractivity contribution in [2.45, 2.75) is 10.7 Å². The Hall–Kier alpha value is -0.410. The molecule has 0 radical (unpaired) electrons. The van der Waals surface area contributed by atoms with E-state index in [1.807, 2.05) is 22.6 Å². The Kier molecular flexibility index (Phi) is 2.30. The van der Waals surface area contributed by atoms with Crippen molar-refractivity contribution < 1.29 is 13.2 Å². The zero-order valence-corrected chi connectivity index (χ0v) is 7.17. The molecule has 8 heteroatoms. The summed E-state index contributed by atoms with van der Waals surface area (Å²) >= 11 is 1.83. The third kappa shape index (κ3) is 2.01. The monoisotopic (exact) mass is 278 g/mol. The van der Waals surface area contributed by atoms with Gasteiger partial charge < -0.3 is 0 Å². The van der Waals surface area contributed by atoms with Crippen molar-refractivity contribution in [3.63, 3.8) is 0 Å². The second-order valence-corrected chi connectivity index (χ2v) is 2.28. The Morgan fingerprint density at radius 1 is 1.45 bits per heavy atom. The molecule has 11 heavy (non-hydrogen) atoms. The van der Waals surface area contributed by atoms with Crippen LogP contribution in [0.25, 0.3) is 0 Å². The molecule has 1 heterocycles. The van der Waals surface area contributed by atoms with Crippen molar-refractivity contribution in [3.05, 3.63) is 5.82 Å². The second-order valence-electron chi connectivity index (χ2n) is 1.60. The highest BCUT2D eigenvalue weighted by Gasteiger charge is 2.36. The average Bonchev–Trinajstić information content (AvgIpc) is 2.32. The Bertz CT molecular complexity index is 243. The van der Waals surface area contributed by atoms with Gasteiger partial charge in [0.05, 0.1) is 0 Å². The molecule has 1 rings (SSSR count). The summed E-state index contributed by atoms with van der Waals surface area (Å²) < 4.78 is 35.5. The van der Waals surface area contributed by atoms with Crippen LogP contribution in [0.2, 0.25) is 0 Å². The van der Waals surface area contributed by atoms with E-state index in [9.17, 15) is 13.2 Å². The average molecular weight is 278 g/mol. The molecule has 0 unspecified atom stereocenters. The number of alkyl halides is 4. The summed E-state index contributed by atoms with van der Waals surface area (Å²) in [7, 11) is 0. The fourth-order valence-corrected chi connectivity index (χ4v) is 0.696. The molecule has 0 amide bonds. The fourth-order valence-electron chi connectivity index (χ4n) is 0.407. The molecule has 0 aliphatic heterocycles. The quantitative estimate of drug-likeness (QED) is 0.570. The molecule has 0 saturated carbocycles. The number of halogens is 4. The molecule has 1 aromatic heterocycles. The number of aromatic nitrogens is 4. The lowest BCUT2D eigenvalue weighted by Gasteiger charge is -1.96. The van der Waals surface area contributed by atoms with Gasteiger partial charge in [0.1, 0.15) is 4.55 Å². The van der Waals surface area contributed by atoms with Gasteiger partial charge in [0.2, 0.25) is 0 Å². The van der Waals surface area contributed by atoms with Gasteiger partial charge in [-0.2, -0.15) is 18.0 Å². The summed E-state index contributed by atoms with van der Waals surface area (Å²) in [5, 5.41) is 9.02. The minimum atomic E-state index is -4.50. The predicted octanol–water partition coefficient (Wildman–Crippen LogP) is 1.08. The Morgan fingerprint density at radius 2 is 2.09 bits per heavy atom. The smallest absolute Gasteiger partial charge is 0.163 e. The molecule has 62 valence electrons. The summed E-state index contributed by atoms with van der Waals surface area (Å²) in [6.07, 6.45) is -4.50. The van der Waals surface area contributed by atoms with Crippen LogP contribution in [0, 0.1) is 0 Å². The largest absolute Gasteiger partial charge is 0.455 e. The maximum Gasteiger partial charge on any atom is 0.455 e. The Morgan fingerprint density at radius 3 is 2.36 bits per heavy atom. The molecule has 0 bridgehead atoms. The topological polar surface area (TPSA) is 43.6 Å². The van der Waals surface area contributed by atoms with E-state index in [0.717, 1.165) is 4.80 Å². The van der Waals surface area contributed by atoms with E-state index >= 15 is 0 Å². The van der Waals surface area contributed by atoms with E-state index < -0.39 is 12.0 Å². The third-order valence-corrected chi connectivity index (χ3v) is 1.42. The first-order valence-corrected chi connectivity index (χ1v) is 3.97. The van der Waals surface area contributed by atoms with Crippen LogP contribution in [0.3, 0.4) is 0 Å². The van der Waals surface area contributed by atoms with Crippen molar-refractivity contribution in [2.75, 3.05) is 0 Å². The van der Waals surface area contributed by atoms with Gasteiger partial charge in [-0.15, -0.1) is 10.2 Å². The van der Waals surface area contributed by atoms with Crippen molar-refractivity contribution in [2.24, 2.45) is 0 Å². The summed E-state index contributed by atoms with van der Waals surface area (Å²) in [6, 6.07) is 0. The Balaban J connectivity index is 2.89. The van der Waals surface area contributed by atoms with Crippen LogP contribution in [-0.4, -0.2) is 20.2 Å². The number of tetrazole rings is 1. The van der Waals surface area contributed by atoms with Crippen LogP contribution in [-0.2, 0) is 10.7 Å². The highest BCUT2D eigenvalue weighted by Crippen LogP contribution is 2.24. The maximum atomic E-state index is 11.8. The molecule has 0 aliphatic rings. The Labute approximate surface area is 72.9 Å². The van der Waals surface area contributed by atoms with Crippen molar-refractivity contribution in [3.8, 4) is 0 Å². The van der Waals surface area contributed by atoms with Gasteiger partial charge >= 0.3 is 6.18 Å². The summed E-state index contributed by atoms with van der Waals surface area (Å²) in [5.74, 6) is -1.20. The van der Waals surface area contributed by atoms with Gasteiger partial charge in [-0.25, -0.2) is 0 Å². The molecule has 1 aromatic rings. The minimum absolute atomic E-state index is 0.251. The van der Waals surface area contributed by atoms with Gasteiger partial charge in [-0.05, 0) is 5.21 Å². The van der Waals surface area contributed by atoms with Gasteiger partial charge in [0.25, 0.3) is 5.82 Å². The summed E-state index contributed by atoms with van der Waals surface area (Å²) in [5.41, 5.74) is 0. The zero-order chi connectivity index (χ0) is 8.48. The van der Waals surface area contributed by atoms with Gasteiger partial charge in [-0.3, -0.25) is 0 Å². The highest BCUT2D eigenvalue weighted by atomic mass is 127. The van der Waals surface area contributed by atoms with Crippen LogP contribution in [0.1, 0.15) is 5.82 Å². The zero-order valence-electron chi connectivity index (χ0n) is 5.01. The maximum absolute atomic E-state index is 11.8. The van der Waals surface area contributed by atoms with Crippen LogP contribution < -0.4 is 0 Å². The fraction of sp³-hybridized carbons (Fsp3) is 0.667. The van der Waals surface area contributed by atoms with Gasteiger partial charge in [0.15, 0.2) is 0 Å². The van der Waals surface area contributed by atoms with Gasteiger partial charge in [0, 0.05) is 0 Å². The lowest BCUT2D eigenvalue weighted by Crippen LogP contribution is -2.08.